The molecular weight excluding hydrogens is 446 g/mol. The molecule has 0 radical (unpaired) electrons. The Kier molecular flexibility index (Phi) is 6.70. The van der Waals surface area contributed by atoms with Gasteiger partial charge in [0.1, 0.15) is 22.9 Å². The number of halogens is 6. The summed E-state index contributed by atoms with van der Waals surface area (Å²) < 4.78 is 80.3. The molecule has 3 heterocycles. The van der Waals surface area contributed by atoms with Gasteiger partial charge in [-0.25, -0.2) is 23.7 Å². The number of anilines is 3. The first-order valence-corrected chi connectivity index (χ1v) is 8.61. The number of hydrogen-bond acceptors (Lipinski definition) is 7. The molecule has 0 spiro atoms. The Bertz CT molecular complexity index is 1080. The summed E-state index contributed by atoms with van der Waals surface area (Å²) >= 11 is 0. The third kappa shape index (κ3) is 5.80. The Labute approximate surface area is 175 Å². The van der Waals surface area contributed by atoms with Gasteiger partial charge >= 0.3 is 12.6 Å². The molecule has 3 rings (SSSR count). The van der Waals surface area contributed by atoms with Crippen LogP contribution in [0.2, 0.25) is 0 Å². The molecule has 0 bridgehead atoms. The minimum Gasteiger partial charge on any atom is -0.452 e. The molecule has 1 amide bonds. The number of amides is 1. The summed E-state index contributed by atoms with van der Waals surface area (Å²) in [5.41, 5.74) is -1.36. The summed E-state index contributed by atoms with van der Waals surface area (Å²) in [6, 6.07) is 4.13. The van der Waals surface area contributed by atoms with Crippen LogP contribution in [0.4, 0.5) is 43.8 Å². The summed E-state index contributed by atoms with van der Waals surface area (Å²) in [5, 5.41) is 4.83. The van der Waals surface area contributed by atoms with Crippen LogP contribution in [-0.4, -0.2) is 38.6 Å². The van der Waals surface area contributed by atoms with Crippen LogP contribution in [0.5, 0.6) is 5.75 Å². The van der Waals surface area contributed by atoms with Gasteiger partial charge in [-0.15, -0.1) is 0 Å². The predicted octanol–water partition coefficient (Wildman–Crippen LogP) is 4.22. The Morgan fingerprint density at radius 2 is 1.78 bits per heavy atom. The van der Waals surface area contributed by atoms with Gasteiger partial charge in [-0.1, -0.05) is 0 Å². The Morgan fingerprint density at radius 3 is 2.44 bits per heavy atom. The number of alkyl halides is 6. The number of rotatable bonds is 7. The highest BCUT2D eigenvalue weighted by molar-refractivity contribution is 6.03. The van der Waals surface area contributed by atoms with E-state index < -0.39 is 30.4 Å². The maximum Gasteiger partial charge on any atom is 0.417 e. The highest BCUT2D eigenvalue weighted by Crippen LogP contribution is 2.29. The zero-order valence-electron chi connectivity index (χ0n) is 15.6. The number of hydrogen-bond donors (Lipinski definition) is 2. The third-order valence-corrected chi connectivity index (χ3v) is 3.69. The van der Waals surface area contributed by atoms with Crippen LogP contribution in [0.3, 0.4) is 0 Å². The molecule has 0 saturated heterocycles. The number of nitrogens with one attached hydrogen (secondary N) is 2. The maximum absolute atomic E-state index is 13.2. The maximum atomic E-state index is 13.2. The molecular formula is C18H12F6N6O2. The molecule has 3 aromatic rings. The van der Waals surface area contributed by atoms with E-state index in [-0.39, 0.29) is 28.9 Å². The van der Waals surface area contributed by atoms with Crippen LogP contribution in [0.25, 0.3) is 0 Å². The quantitative estimate of drug-likeness (QED) is 0.511. The molecule has 14 heteroatoms. The van der Waals surface area contributed by atoms with Crippen LogP contribution >= 0.6 is 0 Å². The number of carbonyl (C=O) groups is 1. The molecule has 2 N–H and O–H groups in total. The lowest BCUT2D eigenvalue weighted by Gasteiger charge is -2.14. The average Bonchev–Trinajstić information content (AvgIpc) is 2.75. The summed E-state index contributed by atoms with van der Waals surface area (Å²) in [7, 11) is 0. The zero-order valence-corrected chi connectivity index (χ0v) is 15.6. The summed E-state index contributed by atoms with van der Waals surface area (Å²) in [6.45, 7) is 0. The highest BCUT2D eigenvalue weighted by Gasteiger charge is 2.30. The van der Waals surface area contributed by atoms with E-state index in [0.717, 1.165) is 30.6 Å². The number of carbonyl (C=O) groups excluding carboxylic acids is 1. The number of pyridine rings is 2. The minimum absolute atomic E-state index is 0.0144. The van der Waals surface area contributed by atoms with Gasteiger partial charge in [-0.2, -0.15) is 17.6 Å². The fraction of sp³-hybridized carbons (Fsp3) is 0.167. The van der Waals surface area contributed by atoms with E-state index >= 15 is 0 Å². The monoisotopic (exact) mass is 458 g/mol. The van der Waals surface area contributed by atoms with Gasteiger partial charge in [0.25, 0.3) is 12.3 Å². The fourth-order valence-electron chi connectivity index (χ4n) is 2.23. The first kappa shape index (κ1) is 22.7. The first-order valence-electron chi connectivity index (χ1n) is 8.61. The molecule has 0 aliphatic heterocycles. The van der Waals surface area contributed by atoms with Crippen molar-refractivity contribution in [3.63, 3.8) is 0 Å². The minimum atomic E-state index is -4.55. The number of aromatic nitrogens is 4. The molecule has 0 aliphatic carbocycles. The lowest BCUT2D eigenvalue weighted by atomic mass is 10.3. The van der Waals surface area contributed by atoms with Crippen molar-refractivity contribution < 1.29 is 35.9 Å². The van der Waals surface area contributed by atoms with E-state index in [1.165, 1.54) is 12.3 Å². The van der Waals surface area contributed by atoms with Crippen molar-refractivity contribution in [2.24, 2.45) is 0 Å². The van der Waals surface area contributed by atoms with Crippen molar-refractivity contribution >= 4 is 23.4 Å². The molecule has 0 fully saturated rings. The van der Waals surface area contributed by atoms with Crippen LogP contribution in [0, 0.1) is 0 Å². The van der Waals surface area contributed by atoms with E-state index in [0.29, 0.717) is 6.20 Å². The normalized spacial score (nSPS) is 12.3. The second-order valence-electron chi connectivity index (χ2n) is 5.95. The molecule has 1 atom stereocenters. The van der Waals surface area contributed by atoms with Crippen molar-refractivity contribution in [3.8, 4) is 5.75 Å². The molecule has 168 valence electrons. The Morgan fingerprint density at radius 1 is 1.00 bits per heavy atom. The van der Waals surface area contributed by atoms with Crippen LogP contribution in [0.15, 0.2) is 49.1 Å². The topological polar surface area (TPSA) is 102 Å². The first-order chi connectivity index (χ1) is 15.1. The number of ether oxygens (including phenoxy) is 1. The van der Waals surface area contributed by atoms with Crippen LogP contribution in [0.1, 0.15) is 16.1 Å². The molecule has 3 aromatic heterocycles. The lowest BCUT2D eigenvalue weighted by molar-refractivity contribution is -0.137. The van der Waals surface area contributed by atoms with Gasteiger partial charge in [0, 0.05) is 24.7 Å². The van der Waals surface area contributed by atoms with E-state index in [1.807, 2.05) is 0 Å². The molecule has 8 nitrogen and oxygen atoms in total. The second-order valence-corrected chi connectivity index (χ2v) is 5.95. The van der Waals surface area contributed by atoms with Gasteiger partial charge in [0.2, 0.25) is 5.95 Å². The molecule has 0 saturated carbocycles. The van der Waals surface area contributed by atoms with E-state index in [4.69, 9.17) is 0 Å². The fourth-order valence-corrected chi connectivity index (χ4v) is 2.23. The summed E-state index contributed by atoms with van der Waals surface area (Å²) in [4.78, 5) is 27.5. The molecule has 0 aliphatic rings. The second kappa shape index (κ2) is 9.45. The largest absolute Gasteiger partial charge is 0.452 e. The zero-order chi connectivity index (χ0) is 23.3. The van der Waals surface area contributed by atoms with Crippen LogP contribution < -0.4 is 15.4 Å². The Hall–Kier alpha value is -3.97. The van der Waals surface area contributed by atoms with Gasteiger partial charge < -0.3 is 15.4 Å². The molecule has 32 heavy (non-hydrogen) atoms. The van der Waals surface area contributed by atoms with E-state index in [2.05, 4.69) is 35.3 Å². The van der Waals surface area contributed by atoms with E-state index in [9.17, 15) is 31.1 Å². The van der Waals surface area contributed by atoms with Crippen molar-refractivity contribution in [1.29, 1.82) is 0 Å². The van der Waals surface area contributed by atoms with Crippen LogP contribution in [-0.2, 0) is 6.18 Å². The average molecular weight is 458 g/mol. The molecule has 0 aromatic carbocycles. The van der Waals surface area contributed by atoms with Gasteiger partial charge in [-0.3, -0.25) is 9.78 Å². The van der Waals surface area contributed by atoms with Crippen molar-refractivity contribution in [1.82, 2.24) is 19.9 Å². The smallest absolute Gasteiger partial charge is 0.417 e. The van der Waals surface area contributed by atoms with Gasteiger partial charge in [0.15, 0.2) is 0 Å². The van der Waals surface area contributed by atoms with Crippen molar-refractivity contribution in [2.45, 2.75) is 19.0 Å². The third-order valence-electron chi connectivity index (χ3n) is 3.69. The van der Waals surface area contributed by atoms with Gasteiger partial charge in [-0.05, 0) is 18.2 Å². The van der Waals surface area contributed by atoms with Crippen molar-refractivity contribution in [3.05, 3.63) is 60.3 Å². The highest BCUT2D eigenvalue weighted by atomic mass is 19.4. The lowest BCUT2D eigenvalue weighted by Crippen LogP contribution is -2.21. The summed E-state index contributed by atoms with van der Waals surface area (Å²) in [5.74, 6) is -1.41. The Balaban J connectivity index is 1.72. The standard InChI is InChI=1S/C18H12F6N6O2/c19-14(20)15(21)32-12-4-5-25-8-11(12)28-16(31)10-3-6-26-17(29-10)30-13-2-1-9(7-27-13)18(22,23)24/h1-8,14-15H,(H,28,31)(H,26,27,29,30). The SMILES string of the molecule is O=C(Nc1cnccc1OC(F)C(F)F)c1ccnc(Nc2ccc(C(F)(F)F)cn2)n1. The van der Waals surface area contributed by atoms with Gasteiger partial charge in [0.05, 0.1) is 11.8 Å². The van der Waals surface area contributed by atoms with E-state index in [1.54, 1.807) is 0 Å². The predicted molar refractivity (Wildman–Crippen MR) is 98.3 cm³/mol. The number of nitrogens with zero attached hydrogens (tertiary/aromatic N) is 4. The van der Waals surface area contributed by atoms with Crippen molar-refractivity contribution in [2.75, 3.05) is 10.6 Å². The summed E-state index contributed by atoms with van der Waals surface area (Å²) in [6.07, 6.45) is -6.87. The molecule has 1 unspecified atom stereocenters.